The average molecular weight is 475 g/mol. The molecule has 34 heavy (non-hydrogen) atoms. The molecule has 0 unspecified atom stereocenters. The molecule has 0 bridgehead atoms. The van der Waals surface area contributed by atoms with Gasteiger partial charge in [-0.25, -0.2) is 0 Å². The summed E-state index contributed by atoms with van der Waals surface area (Å²) in [6.07, 6.45) is 1.56. The highest BCUT2D eigenvalue weighted by Crippen LogP contribution is 2.50. The minimum absolute atomic E-state index is 0.0136. The van der Waals surface area contributed by atoms with E-state index in [0.717, 1.165) is 44.1 Å². The van der Waals surface area contributed by atoms with Crippen molar-refractivity contribution in [2.75, 3.05) is 45.3 Å². The molecule has 0 radical (unpaired) electrons. The number of rotatable bonds is 5. The summed E-state index contributed by atoms with van der Waals surface area (Å²) in [5.41, 5.74) is 7.45. The monoisotopic (exact) mass is 474 g/mol. The quantitative estimate of drug-likeness (QED) is 0.445. The van der Waals surface area contributed by atoms with Crippen molar-refractivity contribution in [3.63, 3.8) is 0 Å². The number of fused-ring (bicyclic) bond motifs is 1. The van der Waals surface area contributed by atoms with Crippen LogP contribution in [0, 0.1) is 5.41 Å². The van der Waals surface area contributed by atoms with Crippen molar-refractivity contribution in [1.82, 2.24) is 4.90 Å². The number of carbonyl (C=O) groups excluding carboxylic acids is 1. The molecule has 3 aromatic rings. The Kier molecular flexibility index (Phi) is 6.36. The van der Waals surface area contributed by atoms with Gasteiger partial charge in [0.25, 0.3) is 0 Å². The van der Waals surface area contributed by atoms with E-state index in [2.05, 4.69) is 86.3 Å². The van der Waals surface area contributed by atoms with Gasteiger partial charge in [0.05, 0.1) is 23.1 Å². The number of ketones is 1. The maximum absolute atomic E-state index is 13.2. The minimum atomic E-state index is -0.0136. The minimum Gasteiger partial charge on any atom is -0.378 e. The second-order valence-electron chi connectivity index (χ2n) is 10.6. The number of hydrogen-bond acceptors (Lipinski definition) is 5. The van der Waals surface area contributed by atoms with Crippen LogP contribution >= 0.6 is 11.3 Å². The van der Waals surface area contributed by atoms with Gasteiger partial charge in [-0.3, -0.25) is 4.79 Å². The third-order valence-electron chi connectivity index (χ3n) is 6.74. The molecule has 0 atom stereocenters. The van der Waals surface area contributed by atoms with E-state index in [1.165, 1.54) is 38.4 Å². The van der Waals surface area contributed by atoms with E-state index in [4.69, 9.17) is 4.74 Å². The van der Waals surface area contributed by atoms with Crippen molar-refractivity contribution in [2.45, 2.75) is 33.2 Å². The predicted molar refractivity (Wildman–Crippen MR) is 142 cm³/mol. The molecule has 0 N–H and O–H groups in total. The van der Waals surface area contributed by atoms with Gasteiger partial charge in [0.1, 0.15) is 0 Å². The molecular formula is C29H34N2O2S. The van der Waals surface area contributed by atoms with Crippen LogP contribution < -0.4 is 4.90 Å². The van der Waals surface area contributed by atoms with Gasteiger partial charge in [-0.15, -0.1) is 11.3 Å². The van der Waals surface area contributed by atoms with Gasteiger partial charge in [-0.1, -0.05) is 50.2 Å². The van der Waals surface area contributed by atoms with Crippen molar-refractivity contribution in [3.05, 3.63) is 64.5 Å². The van der Waals surface area contributed by atoms with Crippen LogP contribution in [0.4, 0.5) is 5.00 Å². The van der Waals surface area contributed by atoms with E-state index in [1.54, 1.807) is 11.3 Å². The van der Waals surface area contributed by atoms with Gasteiger partial charge in [-0.2, -0.15) is 0 Å². The van der Waals surface area contributed by atoms with Gasteiger partial charge in [-0.05, 0) is 65.9 Å². The molecule has 1 aromatic heterocycles. The van der Waals surface area contributed by atoms with Gasteiger partial charge in [0, 0.05) is 31.6 Å². The number of thiophene rings is 1. The summed E-state index contributed by atoms with van der Waals surface area (Å²) in [7, 11) is 4.20. The summed E-state index contributed by atoms with van der Waals surface area (Å²) in [6.45, 7) is 8.57. The fourth-order valence-corrected chi connectivity index (χ4v) is 6.59. The number of ether oxygens (including phenoxy) is 1. The van der Waals surface area contributed by atoms with E-state index < -0.39 is 0 Å². The molecule has 2 aromatic carbocycles. The highest BCUT2D eigenvalue weighted by atomic mass is 32.1. The second kappa shape index (κ2) is 9.29. The van der Waals surface area contributed by atoms with Gasteiger partial charge in [0.2, 0.25) is 0 Å². The smallest absolute Gasteiger partial charge is 0.173 e. The Labute approximate surface area is 207 Å². The molecule has 5 heteroatoms. The fraction of sp³-hybridized carbons (Fsp3) is 0.414. The summed E-state index contributed by atoms with van der Waals surface area (Å²) in [4.78, 5) is 18.7. The first-order valence-electron chi connectivity index (χ1n) is 12.2. The van der Waals surface area contributed by atoms with Gasteiger partial charge >= 0.3 is 0 Å². The molecule has 0 amide bonds. The molecule has 2 aliphatic rings. The van der Waals surface area contributed by atoms with Crippen molar-refractivity contribution in [3.8, 4) is 22.3 Å². The third-order valence-corrected chi connectivity index (χ3v) is 8.08. The van der Waals surface area contributed by atoms with Crippen LogP contribution in [0.15, 0.2) is 48.5 Å². The summed E-state index contributed by atoms with van der Waals surface area (Å²) in [5, 5.41) is 1.23. The third kappa shape index (κ3) is 4.70. The fourth-order valence-electron chi connectivity index (χ4n) is 5.26. The first kappa shape index (κ1) is 23.3. The molecule has 1 fully saturated rings. The molecule has 5 rings (SSSR count). The SMILES string of the molecule is CN(C)Cc1cccc(-c2cccc(-c3c(N4CCOCC4)sc4c3CC(C)(C)CC4=O)c2)c1. The van der Waals surface area contributed by atoms with E-state index in [-0.39, 0.29) is 5.41 Å². The standard InChI is InChI=1S/C29H34N2O2S/c1-29(2)17-24-26(28(31-11-13-33-14-12-31)34-27(24)25(32)18-29)23-10-6-9-22(16-23)21-8-5-7-20(15-21)19-30(3)4/h5-10,15-16H,11-14,17-19H2,1-4H3. The zero-order chi connectivity index (χ0) is 23.9. The maximum Gasteiger partial charge on any atom is 0.173 e. The lowest BCUT2D eigenvalue weighted by molar-refractivity contribution is 0.0918. The summed E-state index contributed by atoms with van der Waals surface area (Å²) < 4.78 is 5.63. The Morgan fingerprint density at radius 3 is 2.38 bits per heavy atom. The normalized spacial score (nSPS) is 17.8. The predicted octanol–water partition coefficient (Wildman–Crippen LogP) is 6.14. The lowest BCUT2D eigenvalue weighted by Crippen LogP contribution is -2.36. The lowest BCUT2D eigenvalue weighted by Gasteiger charge is -2.30. The van der Waals surface area contributed by atoms with Crippen LogP contribution in [0.25, 0.3) is 22.3 Å². The highest BCUT2D eigenvalue weighted by Gasteiger charge is 2.37. The lowest BCUT2D eigenvalue weighted by atomic mass is 9.75. The Morgan fingerprint density at radius 2 is 1.65 bits per heavy atom. The zero-order valence-electron chi connectivity index (χ0n) is 20.7. The summed E-state index contributed by atoms with van der Waals surface area (Å²) in [6, 6.07) is 17.7. The molecule has 1 saturated heterocycles. The van der Waals surface area contributed by atoms with Crippen LogP contribution in [0.5, 0.6) is 0 Å². The van der Waals surface area contributed by atoms with Gasteiger partial charge in [0.15, 0.2) is 5.78 Å². The van der Waals surface area contributed by atoms with Crippen LogP contribution in [0.1, 0.15) is 41.1 Å². The van der Waals surface area contributed by atoms with E-state index in [0.29, 0.717) is 12.2 Å². The van der Waals surface area contributed by atoms with E-state index in [9.17, 15) is 4.79 Å². The number of benzene rings is 2. The second-order valence-corrected chi connectivity index (χ2v) is 11.6. The number of morpholine rings is 1. The summed E-state index contributed by atoms with van der Waals surface area (Å²) in [5.74, 6) is 0.296. The number of Topliss-reactive ketones (excluding diaryl/α,β-unsaturated/α-hetero) is 1. The largest absolute Gasteiger partial charge is 0.378 e. The Morgan fingerprint density at radius 1 is 0.971 bits per heavy atom. The van der Waals surface area contributed by atoms with Gasteiger partial charge < -0.3 is 14.5 Å². The first-order valence-corrected chi connectivity index (χ1v) is 13.0. The van der Waals surface area contributed by atoms with Crippen molar-refractivity contribution >= 4 is 22.1 Å². The Hall–Kier alpha value is -2.47. The van der Waals surface area contributed by atoms with Crippen LogP contribution in [-0.2, 0) is 17.7 Å². The number of anilines is 1. The molecule has 0 saturated carbocycles. The molecule has 2 heterocycles. The Bertz CT molecular complexity index is 1200. The van der Waals surface area contributed by atoms with E-state index in [1.807, 2.05) is 0 Å². The molecular weight excluding hydrogens is 440 g/mol. The topological polar surface area (TPSA) is 32.8 Å². The Balaban J connectivity index is 1.62. The molecule has 0 spiro atoms. The van der Waals surface area contributed by atoms with Crippen molar-refractivity contribution < 1.29 is 9.53 Å². The first-order chi connectivity index (χ1) is 16.3. The number of carbonyl (C=O) groups is 1. The van der Waals surface area contributed by atoms with E-state index >= 15 is 0 Å². The molecule has 178 valence electrons. The van der Waals surface area contributed by atoms with Crippen LogP contribution in [-0.4, -0.2) is 51.1 Å². The average Bonchev–Trinajstić information content (AvgIpc) is 3.18. The van der Waals surface area contributed by atoms with Crippen LogP contribution in [0.3, 0.4) is 0 Å². The number of hydrogen-bond donors (Lipinski definition) is 0. The molecule has 1 aliphatic carbocycles. The van der Waals surface area contributed by atoms with Crippen LogP contribution in [0.2, 0.25) is 0 Å². The maximum atomic E-state index is 13.2. The molecule has 4 nitrogen and oxygen atoms in total. The zero-order valence-corrected chi connectivity index (χ0v) is 21.5. The van der Waals surface area contributed by atoms with Crippen molar-refractivity contribution in [2.24, 2.45) is 5.41 Å². The van der Waals surface area contributed by atoms with Crippen molar-refractivity contribution in [1.29, 1.82) is 0 Å². The number of nitrogens with zero attached hydrogens (tertiary/aromatic N) is 2. The summed E-state index contributed by atoms with van der Waals surface area (Å²) >= 11 is 1.70. The molecule has 1 aliphatic heterocycles. The highest BCUT2D eigenvalue weighted by molar-refractivity contribution is 7.19.